The summed E-state index contributed by atoms with van der Waals surface area (Å²) in [6.45, 7) is 2.48. The van der Waals surface area contributed by atoms with Crippen molar-refractivity contribution in [3.8, 4) is 22.8 Å². The van der Waals surface area contributed by atoms with Crippen LogP contribution < -0.4 is 14.8 Å². The van der Waals surface area contributed by atoms with Gasteiger partial charge >= 0.3 is 0 Å². The van der Waals surface area contributed by atoms with Crippen LogP contribution in [0.1, 0.15) is 12.5 Å². The first kappa shape index (κ1) is 20.6. The number of aromatic nitrogens is 1. The fourth-order valence-corrected chi connectivity index (χ4v) is 3.92. The number of amides is 1. The maximum absolute atomic E-state index is 12.3. The Bertz CT molecular complexity index is 1250. The highest BCUT2D eigenvalue weighted by molar-refractivity contribution is 7.14. The lowest BCUT2D eigenvalue weighted by Gasteiger charge is -2.09. The normalized spacial score (nSPS) is 11.0. The molecular weight excluding hydrogens is 408 g/mol. The van der Waals surface area contributed by atoms with Crippen LogP contribution in [0.4, 0.5) is 5.13 Å². The van der Waals surface area contributed by atoms with Crippen LogP contribution in [-0.4, -0.2) is 24.6 Å². The van der Waals surface area contributed by atoms with Crippen LogP contribution in [0.25, 0.3) is 28.1 Å². The minimum Gasteiger partial charge on any atom is -0.493 e. The molecule has 6 heteroatoms. The predicted molar refractivity (Wildman–Crippen MR) is 127 cm³/mol. The molecule has 4 aromatic rings. The highest BCUT2D eigenvalue weighted by atomic mass is 32.1. The number of hydrogen-bond acceptors (Lipinski definition) is 5. The minimum atomic E-state index is -0.243. The summed E-state index contributed by atoms with van der Waals surface area (Å²) in [4.78, 5) is 16.9. The molecule has 0 fully saturated rings. The van der Waals surface area contributed by atoms with Crippen LogP contribution >= 0.6 is 11.3 Å². The quantitative estimate of drug-likeness (QED) is 0.364. The first-order valence-electron chi connectivity index (χ1n) is 9.91. The number of methoxy groups -OCH3 is 1. The Morgan fingerprint density at radius 2 is 1.90 bits per heavy atom. The van der Waals surface area contributed by atoms with E-state index in [0.717, 1.165) is 22.2 Å². The van der Waals surface area contributed by atoms with Crippen LogP contribution in [0.2, 0.25) is 0 Å². The maximum atomic E-state index is 12.3. The zero-order chi connectivity index (χ0) is 21.6. The molecule has 0 atom stereocenters. The third-order valence-corrected chi connectivity index (χ3v) is 5.45. The molecule has 156 valence electrons. The average Bonchev–Trinajstić information content (AvgIpc) is 3.26. The number of carbonyl (C=O) groups is 1. The summed E-state index contributed by atoms with van der Waals surface area (Å²) in [5.41, 5.74) is 2.70. The number of carbonyl (C=O) groups excluding carboxylic acids is 1. The molecular formula is C25H22N2O3S. The molecule has 1 heterocycles. The van der Waals surface area contributed by atoms with Crippen LogP contribution in [0.3, 0.4) is 0 Å². The van der Waals surface area contributed by atoms with Crippen molar-refractivity contribution in [2.24, 2.45) is 0 Å². The van der Waals surface area contributed by atoms with Crippen LogP contribution in [0.15, 0.2) is 72.1 Å². The molecule has 0 spiro atoms. The molecule has 1 aromatic heterocycles. The Morgan fingerprint density at radius 3 is 2.71 bits per heavy atom. The Labute approximate surface area is 185 Å². The fourth-order valence-electron chi connectivity index (χ4n) is 3.19. The number of benzene rings is 3. The predicted octanol–water partition coefficient (Wildman–Crippen LogP) is 6.02. The minimum absolute atomic E-state index is 0.243. The van der Waals surface area contributed by atoms with Crippen LogP contribution in [-0.2, 0) is 4.79 Å². The smallest absolute Gasteiger partial charge is 0.250 e. The van der Waals surface area contributed by atoms with Crippen molar-refractivity contribution in [2.75, 3.05) is 19.0 Å². The summed E-state index contributed by atoms with van der Waals surface area (Å²) in [5.74, 6) is 1.06. The summed E-state index contributed by atoms with van der Waals surface area (Å²) in [7, 11) is 1.59. The highest BCUT2D eigenvalue weighted by Crippen LogP contribution is 2.29. The van der Waals surface area contributed by atoms with Gasteiger partial charge in [0, 0.05) is 17.0 Å². The summed E-state index contributed by atoms with van der Waals surface area (Å²) in [6.07, 6.45) is 3.21. The van der Waals surface area contributed by atoms with Gasteiger partial charge in [0.15, 0.2) is 16.6 Å². The monoisotopic (exact) mass is 430 g/mol. The molecule has 0 saturated carbocycles. The van der Waals surface area contributed by atoms with Gasteiger partial charge in [-0.05, 0) is 47.5 Å². The third-order valence-electron chi connectivity index (χ3n) is 4.69. The van der Waals surface area contributed by atoms with E-state index in [2.05, 4.69) is 34.6 Å². The van der Waals surface area contributed by atoms with Crippen molar-refractivity contribution in [3.63, 3.8) is 0 Å². The maximum Gasteiger partial charge on any atom is 0.250 e. The van der Waals surface area contributed by atoms with Gasteiger partial charge in [0.05, 0.1) is 19.4 Å². The van der Waals surface area contributed by atoms with Gasteiger partial charge in [-0.1, -0.05) is 42.5 Å². The standard InChI is InChI=1S/C25H22N2O3S/c1-3-30-22-12-8-17(14-23(22)29-2)9-13-24(28)27-25-26-21(16-31-25)20-11-10-18-6-4-5-7-19(18)15-20/h4-16H,3H2,1-2H3,(H,26,27,28)/b13-9+. The summed E-state index contributed by atoms with van der Waals surface area (Å²) in [5, 5.41) is 7.67. The van der Waals surface area contributed by atoms with Gasteiger partial charge in [0.25, 0.3) is 0 Å². The third kappa shape index (κ3) is 4.92. The Balaban J connectivity index is 1.44. The molecule has 1 amide bonds. The van der Waals surface area contributed by atoms with E-state index in [9.17, 15) is 4.79 Å². The number of ether oxygens (including phenoxy) is 2. The number of nitrogens with zero attached hydrogens (tertiary/aromatic N) is 1. The van der Waals surface area contributed by atoms with E-state index in [1.165, 1.54) is 22.8 Å². The molecule has 0 saturated heterocycles. The SMILES string of the molecule is CCOc1ccc(/C=C/C(=O)Nc2nc(-c3ccc4ccccc4c3)cs2)cc1OC. The molecule has 0 bridgehead atoms. The first-order valence-corrected chi connectivity index (χ1v) is 10.8. The van der Waals surface area contributed by atoms with E-state index < -0.39 is 0 Å². The molecule has 31 heavy (non-hydrogen) atoms. The molecule has 0 aliphatic rings. The summed E-state index contributed by atoms with van der Waals surface area (Å²) in [6, 6.07) is 20.0. The molecule has 0 unspecified atom stereocenters. The molecule has 5 nitrogen and oxygen atoms in total. The van der Waals surface area contributed by atoms with Gasteiger partial charge in [0.2, 0.25) is 5.91 Å². The van der Waals surface area contributed by atoms with Crippen molar-refractivity contribution < 1.29 is 14.3 Å². The largest absolute Gasteiger partial charge is 0.493 e. The number of fused-ring (bicyclic) bond motifs is 1. The lowest BCUT2D eigenvalue weighted by molar-refractivity contribution is -0.111. The highest BCUT2D eigenvalue weighted by Gasteiger charge is 2.08. The number of hydrogen-bond donors (Lipinski definition) is 1. The molecule has 3 aromatic carbocycles. The van der Waals surface area contributed by atoms with Crippen molar-refractivity contribution in [1.82, 2.24) is 4.98 Å². The van der Waals surface area contributed by atoms with Gasteiger partial charge in [0.1, 0.15) is 0 Å². The van der Waals surface area contributed by atoms with Gasteiger partial charge in [-0.2, -0.15) is 0 Å². The topological polar surface area (TPSA) is 60.5 Å². The number of thiazole rings is 1. The van der Waals surface area contributed by atoms with E-state index >= 15 is 0 Å². The number of rotatable bonds is 7. The lowest BCUT2D eigenvalue weighted by atomic mass is 10.1. The van der Waals surface area contributed by atoms with Gasteiger partial charge in [-0.3, -0.25) is 10.1 Å². The summed E-state index contributed by atoms with van der Waals surface area (Å²) >= 11 is 1.40. The Kier molecular flexibility index (Phi) is 6.29. The van der Waals surface area contributed by atoms with Crippen LogP contribution in [0.5, 0.6) is 11.5 Å². The van der Waals surface area contributed by atoms with E-state index in [1.54, 1.807) is 13.2 Å². The van der Waals surface area contributed by atoms with E-state index in [0.29, 0.717) is 23.2 Å². The van der Waals surface area contributed by atoms with E-state index in [4.69, 9.17) is 9.47 Å². The Hall–Kier alpha value is -3.64. The van der Waals surface area contributed by atoms with Crippen molar-refractivity contribution in [2.45, 2.75) is 6.92 Å². The number of nitrogens with one attached hydrogen (secondary N) is 1. The Morgan fingerprint density at radius 1 is 1.06 bits per heavy atom. The molecule has 0 radical (unpaired) electrons. The van der Waals surface area contributed by atoms with Crippen LogP contribution in [0, 0.1) is 0 Å². The number of anilines is 1. The van der Waals surface area contributed by atoms with Gasteiger partial charge in [-0.25, -0.2) is 4.98 Å². The second-order valence-electron chi connectivity index (χ2n) is 6.77. The fraction of sp³-hybridized carbons (Fsp3) is 0.120. The molecule has 1 N–H and O–H groups in total. The zero-order valence-corrected chi connectivity index (χ0v) is 18.1. The first-order chi connectivity index (χ1) is 15.2. The van der Waals surface area contributed by atoms with Gasteiger partial charge in [-0.15, -0.1) is 11.3 Å². The van der Waals surface area contributed by atoms with Gasteiger partial charge < -0.3 is 9.47 Å². The average molecular weight is 431 g/mol. The second-order valence-corrected chi connectivity index (χ2v) is 7.62. The summed E-state index contributed by atoms with van der Waals surface area (Å²) < 4.78 is 10.9. The van der Waals surface area contributed by atoms with E-state index in [1.807, 2.05) is 48.7 Å². The van der Waals surface area contributed by atoms with E-state index in [-0.39, 0.29) is 5.91 Å². The van der Waals surface area contributed by atoms with Crippen molar-refractivity contribution in [1.29, 1.82) is 0 Å². The molecule has 0 aliphatic carbocycles. The molecule has 0 aliphatic heterocycles. The van der Waals surface area contributed by atoms with Crippen molar-refractivity contribution in [3.05, 3.63) is 77.7 Å². The second kappa shape index (κ2) is 9.45. The lowest BCUT2D eigenvalue weighted by Crippen LogP contribution is -2.07. The zero-order valence-electron chi connectivity index (χ0n) is 17.3. The van der Waals surface area contributed by atoms with Crippen molar-refractivity contribution >= 4 is 39.2 Å². The molecule has 4 rings (SSSR count).